The molecular formula is C23H33N5O3. The summed E-state index contributed by atoms with van der Waals surface area (Å²) in [7, 11) is 0. The Morgan fingerprint density at radius 3 is 2.52 bits per heavy atom. The highest BCUT2D eigenvalue weighted by Crippen LogP contribution is 2.29. The van der Waals surface area contributed by atoms with Crippen molar-refractivity contribution in [3.63, 3.8) is 0 Å². The Balaban J connectivity index is 1.26. The number of amides is 3. The Morgan fingerprint density at radius 1 is 1.13 bits per heavy atom. The summed E-state index contributed by atoms with van der Waals surface area (Å²) in [6, 6.07) is 4.09. The monoisotopic (exact) mass is 427 g/mol. The van der Waals surface area contributed by atoms with Crippen LogP contribution in [0, 0.1) is 0 Å². The molecule has 3 fully saturated rings. The van der Waals surface area contributed by atoms with E-state index in [2.05, 4.69) is 15.6 Å². The van der Waals surface area contributed by atoms with Crippen molar-refractivity contribution in [1.82, 2.24) is 20.5 Å². The number of piperidine rings is 1. The van der Waals surface area contributed by atoms with E-state index in [1.54, 1.807) is 6.07 Å². The lowest BCUT2D eigenvalue weighted by molar-refractivity contribution is -0.132. The molecule has 1 aromatic rings. The topological polar surface area (TPSA) is 117 Å². The van der Waals surface area contributed by atoms with Crippen LogP contribution in [-0.4, -0.2) is 52.8 Å². The Morgan fingerprint density at radius 2 is 1.87 bits per heavy atom. The first kappa shape index (κ1) is 21.6. The largest absolute Gasteiger partial charge is 0.383 e. The van der Waals surface area contributed by atoms with E-state index in [-0.39, 0.29) is 41.5 Å². The maximum absolute atomic E-state index is 12.5. The zero-order chi connectivity index (χ0) is 21.8. The van der Waals surface area contributed by atoms with Gasteiger partial charge < -0.3 is 21.3 Å². The number of carbonyl (C=O) groups excluding carboxylic acids is 3. The number of pyridine rings is 1. The summed E-state index contributed by atoms with van der Waals surface area (Å²) in [6.45, 7) is 1.40. The fourth-order valence-electron chi connectivity index (χ4n) is 5.02. The molecule has 1 aliphatic carbocycles. The van der Waals surface area contributed by atoms with Gasteiger partial charge in [0.2, 0.25) is 11.8 Å². The molecule has 3 heterocycles. The molecule has 2 saturated heterocycles. The molecule has 8 nitrogen and oxygen atoms in total. The third-order valence-electron chi connectivity index (χ3n) is 6.94. The molecule has 3 aliphatic rings. The number of nitrogen functional groups attached to an aromatic ring is 1. The van der Waals surface area contributed by atoms with Crippen molar-refractivity contribution >= 4 is 23.5 Å². The predicted octanol–water partition coefficient (Wildman–Crippen LogP) is 2.10. The molecule has 0 bridgehead atoms. The number of rotatable bonds is 6. The average Bonchev–Trinajstić information content (AvgIpc) is 3.43. The zero-order valence-electron chi connectivity index (χ0n) is 18.1. The third kappa shape index (κ3) is 5.35. The number of nitrogens with one attached hydrogen (secondary N) is 2. The number of aromatic nitrogens is 1. The van der Waals surface area contributed by atoms with E-state index in [1.807, 2.05) is 11.0 Å². The number of hydrogen-bond acceptors (Lipinski definition) is 5. The average molecular weight is 428 g/mol. The van der Waals surface area contributed by atoms with Gasteiger partial charge >= 0.3 is 0 Å². The van der Waals surface area contributed by atoms with Crippen LogP contribution in [0.1, 0.15) is 86.2 Å². The van der Waals surface area contributed by atoms with Crippen LogP contribution in [0.2, 0.25) is 0 Å². The number of carbonyl (C=O) groups is 3. The quantitative estimate of drug-likeness (QED) is 0.643. The van der Waals surface area contributed by atoms with Crippen molar-refractivity contribution in [2.75, 3.05) is 18.8 Å². The summed E-state index contributed by atoms with van der Waals surface area (Å²) in [5.41, 5.74) is 7.47. The summed E-state index contributed by atoms with van der Waals surface area (Å²) in [5, 5.41) is 5.98. The number of nitrogens with zero attached hydrogens (tertiary/aromatic N) is 2. The highest BCUT2D eigenvalue weighted by Gasteiger charge is 2.27. The van der Waals surface area contributed by atoms with Crippen LogP contribution in [0.3, 0.4) is 0 Å². The number of hydrogen-bond donors (Lipinski definition) is 3. The standard InChI is InChI=1S/C23H33N5O3/c24-22-18(23(31)26-16-3-1-2-4-16)7-8-19(27-22)15-11-13-28(14-12-15)21(30)10-6-17-5-9-20(29)25-17/h7-8,15-17H,1-6,9-14H2,(H2,24,27)(H,25,29)(H,26,31)/t17-/m0/s1. The fourth-order valence-corrected chi connectivity index (χ4v) is 5.02. The first-order valence-electron chi connectivity index (χ1n) is 11.6. The van der Waals surface area contributed by atoms with E-state index in [4.69, 9.17) is 5.73 Å². The molecule has 1 saturated carbocycles. The van der Waals surface area contributed by atoms with Crippen molar-refractivity contribution in [2.45, 2.75) is 82.2 Å². The predicted molar refractivity (Wildman–Crippen MR) is 117 cm³/mol. The molecule has 2 aliphatic heterocycles. The van der Waals surface area contributed by atoms with E-state index in [9.17, 15) is 14.4 Å². The van der Waals surface area contributed by atoms with Gasteiger partial charge in [0.1, 0.15) is 5.82 Å². The van der Waals surface area contributed by atoms with Crippen LogP contribution in [0.25, 0.3) is 0 Å². The van der Waals surface area contributed by atoms with Crippen LogP contribution < -0.4 is 16.4 Å². The molecule has 31 heavy (non-hydrogen) atoms. The second kappa shape index (κ2) is 9.66. The van der Waals surface area contributed by atoms with Crippen molar-refractivity contribution in [1.29, 1.82) is 0 Å². The van der Waals surface area contributed by atoms with Gasteiger partial charge in [-0.15, -0.1) is 0 Å². The summed E-state index contributed by atoms with van der Waals surface area (Å²) in [4.78, 5) is 42.8. The van der Waals surface area contributed by atoms with Gasteiger partial charge in [-0.05, 0) is 50.7 Å². The van der Waals surface area contributed by atoms with Crippen LogP contribution in [0.15, 0.2) is 12.1 Å². The number of nitrogens with two attached hydrogens (primary N) is 1. The molecule has 0 radical (unpaired) electrons. The summed E-state index contributed by atoms with van der Waals surface area (Å²) < 4.78 is 0. The summed E-state index contributed by atoms with van der Waals surface area (Å²) >= 11 is 0. The Bertz CT molecular complexity index is 829. The highest BCUT2D eigenvalue weighted by atomic mass is 16.2. The third-order valence-corrected chi connectivity index (χ3v) is 6.94. The van der Waals surface area contributed by atoms with Gasteiger partial charge in [0.25, 0.3) is 5.91 Å². The van der Waals surface area contributed by atoms with Gasteiger partial charge in [0.15, 0.2) is 0 Å². The van der Waals surface area contributed by atoms with Crippen LogP contribution in [0.5, 0.6) is 0 Å². The molecule has 0 spiro atoms. The van der Waals surface area contributed by atoms with E-state index in [0.29, 0.717) is 37.9 Å². The minimum atomic E-state index is -0.137. The molecule has 4 rings (SSSR count). The van der Waals surface area contributed by atoms with Crippen LogP contribution >= 0.6 is 0 Å². The molecule has 0 aromatic carbocycles. The summed E-state index contributed by atoms with van der Waals surface area (Å²) in [5.74, 6) is 0.637. The maximum Gasteiger partial charge on any atom is 0.255 e. The van der Waals surface area contributed by atoms with Crippen molar-refractivity contribution in [3.05, 3.63) is 23.4 Å². The maximum atomic E-state index is 12.5. The highest BCUT2D eigenvalue weighted by molar-refractivity contribution is 5.98. The molecule has 3 amide bonds. The lowest BCUT2D eigenvalue weighted by Crippen LogP contribution is -2.39. The van der Waals surface area contributed by atoms with Crippen LogP contribution in [0.4, 0.5) is 5.82 Å². The molecule has 4 N–H and O–H groups in total. The zero-order valence-corrected chi connectivity index (χ0v) is 18.1. The fraction of sp³-hybridized carbons (Fsp3) is 0.652. The minimum Gasteiger partial charge on any atom is -0.383 e. The molecule has 1 atom stereocenters. The molecule has 1 aromatic heterocycles. The Labute approximate surface area is 183 Å². The van der Waals surface area contributed by atoms with Gasteiger partial charge in [-0.3, -0.25) is 14.4 Å². The van der Waals surface area contributed by atoms with Crippen LogP contribution in [-0.2, 0) is 9.59 Å². The Hall–Kier alpha value is -2.64. The van der Waals surface area contributed by atoms with E-state index in [1.165, 1.54) is 0 Å². The molecule has 168 valence electrons. The van der Waals surface area contributed by atoms with E-state index < -0.39 is 0 Å². The second-order valence-corrected chi connectivity index (χ2v) is 9.12. The van der Waals surface area contributed by atoms with Crippen molar-refractivity contribution < 1.29 is 14.4 Å². The first-order valence-corrected chi connectivity index (χ1v) is 11.6. The first-order chi connectivity index (χ1) is 15.0. The van der Waals surface area contributed by atoms with Crippen molar-refractivity contribution in [3.8, 4) is 0 Å². The van der Waals surface area contributed by atoms with Gasteiger partial charge in [0.05, 0.1) is 5.56 Å². The molecule has 0 unspecified atom stereocenters. The van der Waals surface area contributed by atoms with Gasteiger partial charge in [0, 0.05) is 49.6 Å². The van der Waals surface area contributed by atoms with Gasteiger partial charge in [-0.2, -0.15) is 0 Å². The SMILES string of the molecule is Nc1nc(C2CCN(C(=O)CC[C@@H]3CCC(=O)N3)CC2)ccc1C(=O)NC1CCCC1. The van der Waals surface area contributed by atoms with Gasteiger partial charge in [-0.25, -0.2) is 4.98 Å². The molecule has 8 heteroatoms. The number of likely N-dealkylation sites (tertiary alicyclic amines) is 1. The smallest absolute Gasteiger partial charge is 0.255 e. The Kier molecular flexibility index (Phi) is 6.73. The van der Waals surface area contributed by atoms with E-state index in [0.717, 1.165) is 50.6 Å². The lowest BCUT2D eigenvalue weighted by atomic mass is 9.92. The normalized spacial score (nSPS) is 22.5. The van der Waals surface area contributed by atoms with Gasteiger partial charge in [-0.1, -0.05) is 12.8 Å². The molecular weight excluding hydrogens is 394 g/mol. The summed E-state index contributed by atoms with van der Waals surface area (Å²) in [6.07, 6.45) is 8.66. The lowest BCUT2D eigenvalue weighted by Gasteiger charge is -2.32. The second-order valence-electron chi connectivity index (χ2n) is 9.12. The number of anilines is 1. The minimum absolute atomic E-state index is 0.0899. The van der Waals surface area contributed by atoms with Crippen molar-refractivity contribution in [2.24, 2.45) is 0 Å². The van der Waals surface area contributed by atoms with E-state index >= 15 is 0 Å².